The van der Waals surface area contributed by atoms with Gasteiger partial charge in [-0.05, 0) is 24.3 Å². The predicted molar refractivity (Wildman–Crippen MR) is 86.7 cm³/mol. The quantitative estimate of drug-likeness (QED) is 0.852. The average Bonchev–Trinajstić information content (AvgIpc) is 2.62. The SMILES string of the molecule is N#Cc1cccc(C#N)c1N1CCN(c2ccccc2)CC1. The van der Waals surface area contributed by atoms with Gasteiger partial charge in [0.2, 0.25) is 0 Å². The molecule has 22 heavy (non-hydrogen) atoms. The summed E-state index contributed by atoms with van der Waals surface area (Å²) >= 11 is 0. The largest absolute Gasteiger partial charge is 0.368 e. The van der Waals surface area contributed by atoms with Crippen LogP contribution in [0.2, 0.25) is 0 Å². The average molecular weight is 288 g/mol. The molecule has 0 bridgehead atoms. The summed E-state index contributed by atoms with van der Waals surface area (Å²) < 4.78 is 0. The normalized spacial score (nSPS) is 14.3. The molecule has 2 aromatic rings. The summed E-state index contributed by atoms with van der Waals surface area (Å²) in [4.78, 5) is 4.48. The first-order chi connectivity index (χ1) is 10.8. The van der Waals surface area contributed by atoms with Gasteiger partial charge < -0.3 is 9.80 Å². The van der Waals surface area contributed by atoms with Crippen LogP contribution in [0.25, 0.3) is 0 Å². The van der Waals surface area contributed by atoms with Crippen LogP contribution in [-0.2, 0) is 0 Å². The highest BCUT2D eigenvalue weighted by Gasteiger charge is 2.21. The lowest BCUT2D eigenvalue weighted by Crippen LogP contribution is -2.47. The Morgan fingerprint density at radius 3 is 1.77 bits per heavy atom. The van der Waals surface area contributed by atoms with Crippen molar-refractivity contribution >= 4 is 11.4 Å². The van der Waals surface area contributed by atoms with Gasteiger partial charge >= 0.3 is 0 Å². The van der Waals surface area contributed by atoms with Crippen molar-refractivity contribution in [3.8, 4) is 12.1 Å². The molecule has 0 radical (unpaired) electrons. The van der Waals surface area contributed by atoms with Crippen molar-refractivity contribution in [3.63, 3.8) is 0 Å². The maximum atomic E-state index is 9.30. The van der Waals surface area contributed by atoms with Gasteiger partial charge in [-0.2, -0.15) is 10.5 Å². The van der Waals surface area contributed by atoms with Crippen molar-refractivity contribution in [2.45, 2.75) is 0 Å². The fraction of sp³-hybridized carbons (Fsp3) is 0.222. The zero-order chi connectivity index (χ0) is 15.4. The smallest absolute Gasteiger partial charge is 0.101 e. The minimum atomic E-state index is 0.576. The summed E-state index contributed by atoms with van der Waals surface area (Å²) in [5.41, 5.74) is 3.15. The first-order valence-electron chi connectivity index (χ1n) is 7.31. The van der Waals surface area contributed by atoms with Crippen LogP contribution >= 0.6 is 0 Å². The molecule has 1 saturated heterocycles. The van der Waals surface area contributed by atoms with Crippen molar-refractivity contribution in [2.75, 3.05) is 36.0 Å². The maximum Gasteiger partial charge on any atom is 0.101 e. The molecule has 3 rings (SSSR count). The minimum Gasteiger partial charge on any atom is -0.368 e. The van der Waals surface area contributed by atoms with Crippen molar-refractivity contribution in [2.24, 2.45) is 0 Å². The standard InChI is InChI=1S/C18H16N4/c19-13-15-5-4-6-16(14-20)18(15)22-11-9-21(10-12-22)17-7-2-1-3-8-17/h1-8H,9-12H2. The second-order valence-electron chi connectivity index (χ2n) is 5.23. The highest BCUT2D eigenvalue weighted by atomic mass is 15.3. The molecule has 0 saturated carbocycles. The van der Waals surface area contributed by atoms with E-state index < -0.39 is 0 Å². The van der Waals surface area contributed by atoms with Crippen LogP contribution < -0.4 is 9.80 Å². The van der Waals surface area contributed by atoms with Gasteiger partial charge in [-0.15, -0.1) is 0 Å². The van der Waals surface area contributed by atoms with Crippen LogP contribution in [0.3, 0.4) is 0 Å². The van der Waals surface area contributed by atoms with E-state index in [9.17, 15) is 10.5 Å². The fourth-order valence-corrected chi connectivity index (χ4v) is 2.89. The number of para-hydroxylation sites is 2. The maximum absolute atomic E-state index is 9.30. The molecule has 4 nitrogen and oxygen atoms in total. The molecule has 0 amide bonds. The summed E-state index contributed by atoms with van der Waals surface area (Å²) in [5, 5.41) is 18.6. The van der Waals surface area contributed by atoms with E-state index in [2.05, 4.69) is 34.1 Å². The van der Waals surface area contributed by atoms with E-state index in [1.54, 1.807) is 18.2 Å². The van der Waals surface area contributed by atoms with Crippen LogP contribution in [-0.4, -0.2) is 26.2 Å². The van der Waals surface area contributed by atoms with Gasteiger partial charge in [0.25, 0.3) is 0 Å². The highest BCUT2D eigenvalue weighted by Crippen LogP contribution is 2.27. The van der Waals surface area contributed by atoms with Gasteiger partial charge in [-0.25, -0.2) is 0 Å². The zero-order valence-corrected chi connectivity index (χ0v) is 12.2. The monoisotopic (exact) mass is 288 g/mol. The number of nitrogens with zero attached hydrogens (tertiary/aromatic N) is 4. The second kappa shape index (κ2) is 6.20. The Morgan fingerprint density at radius 2 is 1.23 bits per heavy atom. The number of hydrogen-bond acceptors (Lipinski definition) is 4. The Hall–Kier alpha value is -2.98. The number of piperazine rings is 1. The Balaban J connectivity index is 1.81. The Morgan fingerprint density at radius 1 is 0.682 bits per heavy atom. The first-order valence-corrected chi connectivity index (χ1v) is 7.31. The van der Waals surface area contributed by atoms with Crippen LogP contribution in [0, 0.1) is 22.7 Å². The number of rotatable bonds is 2. The van der Waals surface area contributed by atoms with Gasteiger partial charge in [0.15, 0.2) is 0 Å². The summed E-state index contributed by atoms with van der Waals surface area (Å²) in [6.45, 7) is 3.38. The fourth-order valence-electron chi connectivity index (χ4n) is 2.89. The Labute approximate surface area is 130 Å². The Bertz CT molecular complexity index is 700. The lowest BCUT2D eigenvalue weighted by molar-refractivity contribution is 0.652. The van der Waals surface area contributed by atoms with Gasteiger partial charge in [-0.3, -0.25) is 0 Å². The number of hydrogen-bond donors (Lipinski definition) is 0. The van der Waals surface area contributed by atoms with Crippen molar-refractivity contribution in [1.29, 1.82) is 10.5 Å². The highest BCUT2D eigenvalue weighted by molar-refractivity contribution is 5.68. The molecule has 1 fully saturated rings. The van der Waals surface area contributed by atoms with Crippen LogP contribution in [0.4, 0.5) is 11.4 Å². The molecule has 1 aliphatic heterocycles. The molecule has 0 N–H and O–H groups in total. The second-order valence-corrected chi connectivity index (χ2v) is 5.23. The van der Waals surface area contributed by atoms with Crippen molar-refractivity contribution < 1.29 is 0 Å². The Kier molecular flexibility index (Phi) is 3.94. The van der Waals surface area contributed by atoms with Crippen LogP contribution in [0.1, 0.15) is 11.1 Å². The van der Waals surface area contributed by atoms with E-state index in [1.165, 1.54) is 5.69 Å². The lowest BCUT2D eigenvalue weighted by atomic mass is 10.1. The third kappa shape index (κ3) is 2.60. The summed E-state index contributed by atoms with van der Waals surface area (Å²) in [6, 6.07) is 20.0. The summed E-state index contributed by atoms with van der Waals surface area (Å²) in [6.07, 6.45) is 0. The van der Waals surface area contributed by atoms with E-state index in [4.69, 9.17) is 0 Å². The molecule has 108 valence electrons. The van der Waals surface area contributed by atoms with Gasteiger partial charge in [0.1, 0.15) is 12.1 Å². The molecule has 0 atom stereocenters. The van der Waals surface area contributed by atoms with E-state index in [1.807, 2.05) is 18.2 Å². The predicted octanol–water partition coefficient (Wildman–Crippen LogP) is 2.76. The molecule has 0 aromatic heterocycles. The minimum absolute atomic E-state index is 0.576. The number of benzene rings is 2. The van der Waals surface area contributed by atoms with E-state index in [0.717, 1.165) is 31.9 Å². The molecule has 0 aliphatic carbocycles. The third-order valence-electron chi connectivity index (χ3n) is 3.99. The van der Waals surface area contributed by atoms with E-state index >= 15 is 0 Å². The van der Waals surface area contributed by atoms with Crippen LogP contribution in [0.15, 0.2) is 48.5 Å². The number of nitriles is 2. The molecule has 2 aromatic carbocycles. The van der Waals surface area contributed by atoms with E-state index in [0.29, 0.717) is 11.1 Å². The van der Waals surface area contributed by atoms with Gasteiger partial charge in [0, 0.05) is 31.9 Å². The first kappa shape index (κ1) is 14.0. The lowest BCUT2D eigenvalue weighted by Gasteiger charge is -2.38. The molecular formula is C18H16N4. The molecule has 1 aliphatic rings. The van der Waals surface area contributed by atoms with Gasteiger partial charge in [-0.1, -0.05) is 24.3 Å². The summed E-state index contributed by atoms with van der Waals surface area (Å²) in [7, 11) is 0. The van der Waals surface area contributed by atoms with Crippen molar-refractivity contribution in [1.82, 2.24) is 0 Å². The molecule has 4 heteroatoms. The van der Waals surface area contributed by atoms with Crippen molar-refractivity contribution in [3.05, 3.63) is 59.7 Å². The molecule has 0 spiro atoms. The van der Waals surface area contributed by atoms with Crippen LogP contribution in [0.5, 0.6) is 0 Å². The third-order valence-corrected chi connectivity index (χ3v) is 3.99. The molecular weight excluding hydrogens is 272 g/mol. The van der Waals surface area contributed by atoms with E-state index in [-0.39, 0.29) is 0 Å². The molecule has 1 heterocycles. The van der Waals surface area contributed by atoms with Gasteiger partial charge in [0.05, 0.1) is 16.8 Å². The summed E-state index contributed by atoms with van der Waals surface area (Å²) in [5.74, 6) is 0. The molecule has 0 unspecified atom stereocenters. The number of anilines is 2. The topological polar surface area (TPSA) is 54.1 Å². The zero-order valence-electron chi connectivity index (χ0n) is 12.2.